The van der Waals surface area contributed by atoms with Crippen LogP contribution in [0.5, 0.6) is 0 Å². The third kappa shape index (κ3) is 14.7. The minimum Gasteiger partial charge on any atom is -0.400 e. The number of aliphatic hydroxyl groups is 4. The summed E-state index contributed by atoms with van der Waals surface area (Å²) in [6, 6.07) is 0. The Morgan fingerprint density at radius 3 is 2.00 bits per heavy atom. The summed E-state index contributed by atoms with van der Waals surface area (Å²) in [7, 11) is 2.44. The fraction of sp³-hybridized carbons (Fsp3) is 0.909. The Labute approximate surface area is 178 Å². The molecule has 0 fully saturated rings. The van der Waals surface area contributed by atoms with Crippen LogP contribution in [0.1, 0.15) is 67.7 Å². The standard InChI is InChI=1S/C19H37NO5.C2H6.CH4O/c1-12(7-13(2)10-21)8-19(5,24)9-14(3)17(20)15(4)18(23)16(22)11-25-6;2*1-2/h10,12-16,18,20,22-24H,7-9,11H2,1-6H3;1-2H3;2H,1H3/t12-,13?,14+,15?,16?,18?,19-;;/m0../s1. The van der Waals surface area contributed by atoms with E-state index >= 15 is 0 Å². The average molecular weight is 422 g/mol. The zero-order chi connectivity index (χ0) is 23.8. The molecule has 0 aromatic heterocycles. The third-order valence-electron chi connectivity index (χ3n) is 4.81. The second kappa shape index (κ2) is 18.0. The lowest BCUT2D eigenvalue weighted by molar-refractivity contribution is -0.111. The smallest absolute Gasteiger partial charge is 0.122 e. The lowest BCUT2D eigenvalue weighted by Gasteiger charge is -2.32. The minimum atomic E-state index is -1.08. The second-order valence-electron chi connectivity index (χ2n) is 8.02. The molecule has 7 heteroatoms. The van der Waals surface area contributed by atoms with E-state index in [4.69, 9.17) is 15.3 Å². The summed E-state index contributed by atoms with van der Waals surface area (Å²) in [6.07, 6.45) is 0.474. The number of hydrogen-bond acceptors (Lipinski definition) is 7. The predicted octanol–water partition coefficient (Wildman–Crippen LogP) is 2.67. The van der Waals surface area contributed by atoms with Crippen molar-refractivity contribution in [3.8, 4) is 0 Å². The molecule has 5 N–H and O–H groups in total. The van der Waals surface area contributed by atoms with Crippen LogP contribution in [0.4, 0.5) is 0 Å². The molecule has 7 nitrogen and oxygen atoms in total. The number of aliphatic hydroxyl groups excluding tert-OH is 3. The molecule has 176 valence electrons. The highest BCUT2D eigenvalue weighted by atomic mass is 16.5. The van der Waals surface area contributed by atoms with Crippen LogP contribution in [0.3, 0.4) is 0 Å². The summed E-state index contributed by atoms with van der Waals surface area (Å²) in [4.78, 5) is 10.8. The Morgan fingerprint density at radius 2 is 1.59 bits per heavy atom. The van der Waals surface area contributed by atoms with Gasteiger partial charge in [0, 0.05) is 31.8 Å². The number of nitrogens with one attached hydrogen (secondary N) is 1. The normalized spacial score (nSPS) is 18.9. The first-order chi connectivity index (χ1) is 13.4. The predicted molar refractivity (Wildman–Crippen MR) is 118 cm³/mol. The molecule has 0 aliphatic heterocycles. The van der Waals surface area contributed by atoms with Crippen LogP contribution in [-0.2, 0) is 9.53 Å². The van der Waals surface area contributed by atoms with E-state index in [2.05, 4.69) is 0 Å². The van der Waals surface area contributed by atoms with Gasteiger partial charge in [-0.15, -0.1) is 0 Å². The molecule has 29 heavy (non-hydrogen) atoms. The largest absolute Gasteiger partial charge is 0.400 e. The van der Waals surface area contributed by atoms with Gasteiger partial charge in [-0.2, -0.15) is 0 Å². The van der Waals surface area contributed by atoms with Gasteiger partial charge in [-0.25, -0.2) is 0 Å². The summed E-state index contributed by atoms with van der Waals surface area (Å²) in [6.45, 7) is 13.2. The van der Waals surface area contributed by atoms with Gasteiger partial charge in [0.25, 0.3) is 0 Å². The van der Waals surface area contributed by atoms with Crippen LogP contribution < -0.4 is 0 Å². The summed E-state index contributed by atoms with van der Waals surface area (Å²) in [5, 5.41) is 45.9. The monoisotopic (exact) mass is 421 g/mol. The van der Waals surface area contributed by atoms with E-state index in [1.165, 1.54) is 7.11 Å². The molecule has 0 heterocycles. The molecule has 0 aliphatic carbocycles. The molecule has 0 aromatic rings. The van der Waals surface area contributed by atoms with Crippen LogP contribution in [0.25, 0.3) is 0 Å². The van der Waals surface area contributed by atoms with E-state index in [1.54, 1.807) is 13.8 Å². The summed E-state index contributed by atoms with van der Waals surface area (Å²) >= 11 is 0. The number of aldehydes is 1. The van der Waals surface area contributed by atoms with Crippen LogP contribution in [0, 0.1) is 29.1 Å². The fourth-order valence-electron chi connectivity index (χ4n) is 3.61. The Hall–Kier alpha value is -0.860. The molecule has 7 atom stereocenters. The first kappa shape index (κ1) is 32.8. The molecular weight excluding hydrogens is 374 g/mol. The van der Waals surface area contributed by atoms with Crippen molar-refractivity contribution >= 4 is 12.0 Å². The van der Waals surface area contributed by atoms with Gasteiger partial charge in [0.05, 0.1) is 18.3 Å². The molecule has 0 aliphatic rings. The number of carbonyl (C=O) groups is 1. The maximum absolute atomic E-state index is 10.8. The molecule has 0 saturated heterocycles. The van der Waals surface area contributed by atoms with Crippen LogP contribution in [0.15, 0.2) is 0 Å². The van der Waals surface area contributed by atoms with Crippen molar-refractivity contribution < 1.29 is 30.0 Å². The van der Waals surface area contributed by atoms with E-state index in [1.807, 2.05) is 34.6 Å². The molecule has 0 aromatic carbocycles. The molecule has 0 rings (SSSR count). The first-order valence-electron chi connectivity index (χ1n) is 10.5. The molecule has 4 unspecified atom stereocenters. The van der Waals surface area contributed by atoms with Gasteiger partial charge in [-0.1, -0.05) is 41.5 Å². The molecule has 0 spiro atoms. The molecule has 0 radical (unpaired) electrons. The molecule has 0 amide bonds. The van der Waals surface area contributed by atoms with Crippen LogP contribution >= 0.6 is 0 Å². The Morgan fingerprint density at radius 1 is 1.10 bits per heavy atom. The summed E-state index contributed by atoms with van der Waals surface area (Å²) < 4.78 is 4.84. The Bertz CT molecular complexity index is 416. The zero-order valence-electron chi connectivity index (χ0n) is 20.0. The molecule has 0 saturated carbocycles. The molecule has 0 bridgehead atoms. The van der Waals surface area contributed by atoms with E-state index in [9.17, 15) is 20.1 Å². The van der Waals surface area contributed by atoms with Gasteiger partial charge in [-0.05, 0) is 38.0 Å². The van der Waals surface area contributed by atoms with Crippen molar-refractivity contribution in [1.82, 2.24) is 0 Å². The highest BCUT2D eigenvalue weighted by molar-refractivity contribution is 5.86. The maximum Gasteiger partial charge on any atom is 0.122 e. The van der Waals surface area contributed by atoms with Crippen molar-refractivity contribution in [1.29, 1.82) is 5.41 Å². The topological polar surface area (TPSA) is 131 Å². The number of rotatable bonds is 13. The number of methoxy groups -OCH3 is 1. The maximum atomic E-state index is 10.8. The van der Waals surface area contributed by atoms with Gasteiger partial charge in [0.2, 0.25) is 0 Å². The van der Waals surface area contributed by atoms with Gasteiger partial charge in [0.1, 0.15) is 12.4 Å². The van der Waals surface area contributed by atoms with Gasteiger partial charge in [0.15, 0.2) is 0 Å². The zero-order valence-corrected chi connectivity index (χ0v) is 20.0. The van der Waals surface area contributed by atoms with Crippen molar-refractivity contribution in [2.45, 2.75) is 85.5 Å². The minimum absolute atomic E-state index is 0.0112. The van der Waals surface area contributed by atoms with Gasteiger partial charge >= 0.3 is 0 Å². The fourth-order valence-corrected chi connectivity index (χ4v) is 3.61. The highest BCUT2D eigenvalue weighted by Crippen LogP contribution is 2.29. The van der Waals surface area contributed by atoms with Crippen molar-refractivity contribution in [2.24, 2.45) is 23.7 Å². The highest BCUT2D eigenvalue weighted by Gasteiger charge is 2.32. The van der Waals surface area contributed by atoms with Crippen molar-refractivity contribution in [2.75, 3.05) is 20.8 Å². The van der Waals surface area contributed by atoms with E-state index < -0.39 is 23.7 Å². The van der Waals surface area contributed by atoms with E-state index in [0.717, 1.165) is 19.8 Å². The quantitative estimate of drug-likeness (QED) is 0.229. The SMILES string of the molecule is CC.CO.COCC(O)C(O)C(C)C(=N)[C@H](C)C[C@@](C)(O)C[C@@H](C)CC(C)C=O. The van der Waals surface area contributed by atoms with E-state index in [-0.39, 0.29) is 24.4 Å². The lowest BCUT2D eigenvalue weighted by atomic mass is 9.78. The number of carbonyl (C=O) groups excluding carboxylic acids is 1. The third-order valence-corrected chi connectivity index (χ3v) is 4.81. The second-order valence-corrected chi connectivity index (χ2v) is 8.02. The Balaban J connectivity index is -0.00000158. The van der Waals surface area contributed by atoms with Crippen LogP contribution in [-0.4, -0.2) is 71.1 Å². The summed E-state index contributed by atoms with van der Waals surface area (Å²) in [5.41, 5.74) is -0.652. The first-order valence-corrected chi connectivity index (χ1v) is 10.5. The summed E-state index contributed by atoms with van der Waals surface area (Å²) in [5.74, 6) is -0.587. The Kier molecular flexibility index (Phi) is 20.3. The lowest BCUT2D eigenvalue weighted by Crippen LogP contribution is -2.41. The van der Waals surface area contributed by atoms with E-state index in [0.29, 0.717) is 18.6 Å². The van der Waals surface area contributed by atoms with Gasteiger partial charge in [-0.3, -0.25) is 0 Å². The molecular formula is C22H47NO6. The van der Waals surface area contributed by atoms with Crippen molar-refractivity contribution in [3.63, 3.8) is 0 Å². The average Bonchev–Trinajstić information content (AvgIpc) is 2.68. The number of ether oxygens (including phenoxy) is 1. The van der Waals surface area contributed by atoms with Crippen LogP contribution in [0.2, 0.25) is 0 Å². The van der Waals surface area contributed by atoms with Gasteiger partial charge < -0.3 is 35.4 Å². The van der Waals surface area contributed by atoms with Crippen molar-refractivity contribution in [3.05, 3.63) is 0 Å². The number of hydrogen-bond donors (Lipinski definition) is 5.